The molecule has 0 aromatic heterocycles. The van der Waals surface area contributed by atoms with E-state index in [1.807, 2.05) is 0 Å². The summed E-state index contributed by atoms with van der Waals surface area (Å²) in [5.74, 6) is 0. The van der Waals surface area contributed by atoms with Gasteiger partial charge in [-0.25, -0.2) is 0 Å². The zero-order valence-corrected chi connectivity index (χ0v) is 7.98. The number of allylic oxidation sites excluding steroid dienone is 1. The number of halogens is 1. The van der Waals surface area contributed by atoms with E-state index in [4.69, 9.17) is 0 Å². The lowest BCUT2D eigenvalue weighted by atomic mass is 10.1. The van der Waals surface area contributed by atoms with Crippen LogP contribution >= 0.6 is 15.9 Å². The second-order valence-electron chi connectivity index (χ2n) is 3.01. The van der Waals surface area contributed by atoms with Gasteiger partial charge in [0.25, 0.3) is 0 Å². The van der Waals surface area contributed by atoms with E-state index < -0.39 is 0 Å². The maximum atomic E-state index is 3.46. The van der Waals surface area contributed by atoms with Crippen LogP contribution in [0.4, 0.5) is 0 Å². The average molecular weight is 209 g/mol. The van der Waals surface area contributed by atoms with Gasteiger partial charge in [-0.2, -0.15) is 0 Å². The third-order valence-corrected chi connectivity index (χ3v) is 2.47. The van der Waals surface area contributed by atoms with Crippen LogP contribution in [0, 0.1) is 0 Å². The summed E-state index contributed by atoms with van der Waals surface area (Å²) in [7, 11) is 0. The first-order valence-corrected chi connectivity index (χ1v) is 4.50. The summed E-state index contributed by atoms with van der Waals surface area (Å²) in [6, 6.07) is 6.46. The fraction of sp³-hybridized carbons (Fsp3) is 0.200. The highest BCUT2D eigenvalue weighted by Gasteiger charge is 2.08. The van der Waals surface area contributed by atoms with E-state index in [-0.39, 0.29) is 0 Å². The predicted octanol–water partition coefficient (Wildman–Crippen LogP) is 3.41. The minimum atomic E-state index is 1.13. The van der Waals surface area contributed by atoms with Crippen LogP contribution in [0.5, 0.6) is 0 Å². The largest absolute Gasteiger partial charge is 0.0683 e. The summed E-state index contributed by atoms with van der Waals surface area (Å²) >= 11 is 3.46. The minimum absolute atomic E-state index is 1.13. The lowest BCUT2D eigenvalue weighted by molar-refractivity contribution is 1.19. The second kappa shape index (κ2) is 2.49. The van der Waals surface area contributed by atoms with Crippen LogP contribution in [0.3, 0.4) is 0 Å². The van der Waals surface area contributed by atoms with Crippen molar-refractivity contribution >= 4 is 22.0 Å². The van der Waals surface area contributed by atoms with Crippen molar-refractivity contribution < 1.29 is 0 Å². The van der Waals surface area contributed by atoms with Gasteiger partial charge in [0, 0.05) is 4.47 Å². The molecular formula is C10H9Br. The van der Waals surface area contributed by atoms with Crippen molar-refractivity contribution in [3.05, 3.63) is 39.4 Å². The van der Waals surface area contributed by atoms with Crippen molar-refractivity contribution in [3.8, 4) is 0 Å². The number of fused-ring (bicyclic) bond motifs is 1. The molecule has 0 N–H and O–H groups in total. The van der Waals surface area contributed by atoms with Crippen LogP contribution in [0.15, 0.2) is 28.2 Å². The lowest BCUT2D eigenvalue weighted by Crippen LogP contribution is -1.80. The quantitative estimate of drug-likeness (QED) is 0.614. The Morgan fingerprint density at radius 2 is 2.18 bits per heavy atom. The predicted molar refractivity (Wildman–Crippen MR) is 51.5 cm³/mol. The molecule has 0 spiro atoms. The molecule has 11 heavy (non-hydrogen) atoms. The standard InChI is InChI=1S/C10H9Br/c1-7-4-8-2-3-10(11)6-9(8)5-7/h2-3,5-6H,4H2,1H3. The maximum Gasteiger partial charge on any atom is 0.0181 e. The number of benzene rings is 1. The Balaban J connectivity index is 2.54. The molecule has 1 aromatic carbocycles. The molecule has 0 fully saturated rings. The molecule has 0 nitrogen and oxygen atoms in total. The van der Waals surface area contributed by atoms with Crippen molar-refractivity contribution in [3.63, 3.8) is 0 Å². The highest BCUT2D eigenvalue weighted by Crippen LogP contribution is 2.26. The third kappa shape index (κ3) is 1.25. The van der Waals surface area contributed by atoms with Crippen LogP contribution < -0.4 is 0 Å². The molecule has 1 aliphatic carbocycles. The summed E-state index contributed by atoms with van der Waals surface area (Å²) in [6.45, 7) is 2.17. The van der Waals surface area contributed by atoms with Gasteiger partial charge in [0.15, 0.2) is 0 Å². The van der Waals surface area contributed by atoms with Gasteiger partial charge in [-0.05, 0) is 36.6 Å². The highest BCUT2D eigenvalue weighted by molar-refractivity contribution is 9.10. The molecule has 0 radical (unpaired) electrons. The van der Waals surface area contributed by atoms with Crippen molar-refractivity contribution in [1.29, 1.82) is 0 Å². The fourth-order valence-corrected chi connectivity index (χ4v) is 1.86. The summed E-state index contributed by atoms with van der Waals surface area (Å²) in [5.41, 5.74) is 4.28. The van der Waals surface area contributed by atoms with E-state index in [1.54, 1.807) is 0 Å². The molecule has 0 bridgehead atoms. The Morgan fingerprint density at radius 3 is 3.00 bits per heavy atom. The molecule has 2 rings (SSSR count). The number of hydrogen-bond donors (Lipinski definition) is 0. The van der Waals surface area contributed by atoms with Gasteiger partial charge in [0.05, 0.1) is 0 Å². The summed E-state index contributed by atoms with van der Waals surface area (Å²) < 4.78 is 1.17. The molecule has 1 aliphatic rings. The van der Waals surface area contributed by atoms with Gasteiger partial charge in [-0.3, -0.25) is 0 Å². The van der Waals surface area contributed by atoms with Crippen LogP contribution in [-0.2, 0) is 6.42 Å². The molecule has 1 aromatic rings. The van der Waals surface area contributed by atoms with E-state index in [0.717, 1.165) is 6.42 Å². The zero-order chi connectivity index (χ0) is 7.84. The van der Waals surface area contributed by atoms with Gasteiger partial charge < -0.3 is 0 Å². The molecule has 0 atom stereocenters. The van der Waals surface area contributed by atoms with Gasteiger partial charge in [-0.1, -0.05) is 33.6 Å². The molecular weight excluding hydrogens is 200 g/mol. The van der Waals surface area contributed by atoms with Crippen LogP contribution in [-0.4, -0.2) is 0 Å². The summed E-state index contributed by atoms with van der Waals surface area (Å²) in [4.78, 5) is 0. The van der Waals surface area contributed by atoms with E-state index >= 15 is 0 Å². The van der Waals surface area contributed by atoms with Gasteiger partial charge in [-0.15, -0.1) is 0 Å². The molecule has 0 saturated heterocycles. The van der Waals surface area contributed by atoms with Crippen molar-refractivity contribution in [1.82, 2.24) is 0 Å². The molecule has 0 unspecified atom stereocenters. The van der Waals surface area contributed by atoms with Crippen molar-refractivity contribution in [2.75, 3.05) is 0 Å². The Morgan fingerprint density at radius 1 is 1.36 bits per heavy atom. The van der Waals surface area contributed by atoms with Crippen molar-refractivity contribution in [2.45, 2.75) is 13.3 Å². The molecule has 0 heterocycles. The molecule has 0 amide bonds. The monoisotopic (exact) mass is 208 g/mol. The van der Waals surface area contributed by atoms with Gasteiger partial charge in [0.1, 0.15) is 0 Å². The normalized spacial score (nSPS) is 14.5. The number of hydrogen-bond acceptors (Lipinski definition) is 0. The van der Waals surface area contributed by atoms with E-state index in [0.29, 0.717) is 0 Å². The first-order chi connectivity index (χ1) is 5.25. The SMILES string of the molecule is CC1=Cc2cc(Br)ccc2C1. The van der Waals surface area contributed by atoms with Crippen molar-refractivity contribution in [2.24, 2.45) is 0 Å². The Labute approximate surface area is 75.1 Å². The van der Waals surface area contributed by atoms with E-state index in [9.17, 15) is 0 Å². The Hall–Kier alpha value is -0.560. The van der Waals surface area contributed by atoms with Gasteiger partial charge >= 0.3 is 0 Å². The fourth-order valence-electron chi connectivity index (χ4n) is 1.48. The molecule has 0 aliphatic heterocycles. The topological polar surface area (TPSA) is 0 Å². The first-order valence-electron chi connectivity index (χ1n) is 3.71. The Bertz CT molecular complexity index is 324. The third-order valence-electron chi connectivity index (χ3n) is 1.98. The minimum Gasteiger partial charge on any atom is -0.0683 e. The maximum absolute atomic E-state index is 3.46. The summed E-state index contributed by atoms with van der Waals surface area (Å²) in [5, 5.41) is 0. The first kappa shape index (κ1) is 7.11. The van der Waals surface area contributed by atoms with Gasteiger partial charge in [0.2, 0.25) is 0 Å². The number of rotatable bonds is 0. The van der Waals surface area contributed by atoms with Crippen LogP contribution in [0.2, 0.25) is 0 Å². The Kier molecular flexibility index (Phi) is 1.61. The highest BCUT2D eigenvalue weighted by atomic mass is 79.9. The average Bonchev–Trinajstić information content (AvgIpc) is 2.27. The smallest absolute Gasteiger partial charge is 0.0181 e. The molecule has 1 heteroatoms. The van der Waals surface area contributed by atoms with E-state index in [2.05, 4.69) is 47.1 Å². The van der Waals surface area contributed by atoms with Crippen LogP contribution in [0.1, 0.15) is 18.1 Å². The van der Waals surface area contributed by atoms with E-state index in [1.165, 1.54) is 21.2 Å². The molecule has 0 saturated carbocycles. The lowest BCUT2D eigenvalue weighted by Gasteiger charge is -1.97. The second-order valence-corrected chi connectivity index (χ2v) is 3.93. The molecule has 56 valence electrons. The zero-order valence-electron chi connectivity index (χ0n) is 6.39. The van der Waals surface area contributed by atoms with Crippen LogP contribution in [0.25, 0.3) is 6.08 Å². The summed E-state index contributed by atoms with van der Waals surface area (Å²) in [6.07, 6.45) is 3.38.